The maximum atomic E-state index is 10.5. The van der Waals surface area contributed by atoms with Crippen molar-refractivity contribution in [2.24, 2.45) is 0 Å². The molecule has 2 aromatic rings. The molecule has 2 nitrogen and oxygen atoms in total. The van der Waals surface area contributed by atoms with E-state index in [1.807, 2.05) is 36.4 Å². The van der Waals surface area contributed by atoms with Crippen LogP contribution in [0.4, 0.5) is 5.69 Å². The number of para-hydroxylation sites is 2. The second kappa shape index (κ2) is 6.41. The Morgan fingerprint density at radius 2 is 1.57 bits per heavy atom. The minimum Gasteiger partial charge on any atom is -0.507 e. The van der Waals surface area contributed by atoms with Gasteiger partial charge in [-0.1, -0.05) is 45.0 Å². The molecule has 0 aliphatic carbocycles. The average Bonchev–Trinajstić information content (AvgIpc) is 2.38. The predicted octanol–water partition coefficient (Wildman–Crippen LogP) is 5.83. The maximum Gasteiger partial charge on any atom is 0.124 e. The van der Waals surface area contributed by atoms with E-state index in [0.29, 0.717) is 12.3 Å². The zero-order valence-electron chi connectivity index (χ0n) is 12.4. The second-order valence-corrected chi connectivity index (χ2v) is 7.72. The normalized spacial score (nSPS) is 11.5. The standard InChI is InChI=1S/C17H19Br2NO/c1-17(2,3)12-7-4-6-11(16(12)21)10-20-15-13(18)8-5-9-14(15)19/h4-9,20-21H,10H2,1-3H3. The SMILES string of the molecule is CC(C)(C)c1cccc(CNc2c(Br)cccc2Br)c1O. The number of hydrogen-bond acceptors (Lipinski definition) is 2. The molecule has 0 heterocycles. The quantitative estimate of drug-likeness (QED) is 0.664. The summed E-state index contributed by atoms with van der Waals surface area (Å²) in [7, 11) is 0. The van der Waals surface area contributed by atoms with E-state index in [0.717, 1.165) is 25.8 Å². The lowest BCUT2D eigenvalue weighted by atomic mass is 9.85. The minimum absolute atomic E-state index is 0.0754. The number of phenolic OH excluding ortho intramolecular Hbond substituents is 1. The van der Waals surface area contributed by atoms with Gasteiger partial charge in [0.1, 0.15) is 5.75 Å². The highest BCUT2D eigenvalue weighted by Gasteiger charge is 2.19. The summed E-state index contributed by atoms with van der Waals surface area (Å²) in [6, 6.07) is 11.9. The van der Waals surface area contributed by atoms with E-state index in [1.165, 1.54) is 0 Å². The molecule has 4 heteroatoms. The van der Waals surface area contributed by atoms with Crippen LogP contribution >= 0.6 is 31.9 Å². The van der Waals surface area contributed by atoms with Crippen LogP contribution in [0.1, 0.15) is 31.9 Å². The summed E-state index contributed by atoms with van der Waals surface area (Å²) in [4.78, 5) is 0. The summed E-state index contributed by atoms with van der Waals surface area (Å²) in [6.07, 6.45) is 0. The molecule has 0 atom stereocenters. The van der Waals surface area contributed by atoms with E-state index in [9.17, 15) is 5.11 Å². The van der Waals surface area contributed by atoms with Gasteiger partial charge in [-0.05, 0) is 55.0 Å². The third-order valence-electron chi connectivity index (χ3n) is 3.35. The fraction of sp³-hybridized carbons (Fsp3) is 0.294. The van der Waals surface area contributed by atoms with Crippen LogP contribution in [0.2, 0.25) is 0 Å². The number of aromatic hydroxyl groups is 1. The Morgan fingerprint density at radius 3 is 2.14 bits per heavy atom. The first-order chi connectivity index (χ1) is 9.80. The number of halogens is 2. The fourth-order valence-corrected chi connectivity index (χ4v) is 3.47. The predicted molar refractivity (Wildman–Crippen MR) is 96.0 cm³/mol. The van der Waals surface area contributed by atoms with Crippen LogP contribution in [-0.4, -0.2) is 5.11 Å². The number of phenols is 1. The van der Waals surface area contributed by atoms with Gasteiger partial charge in [0, 0.05) is 21.1 Å². The molecule has 2 rings (SSSR count). The van der Waals surface area contributed by atoms with Crippen molar-refractivity contribution in [1.29, 1.82) is 0 Å². The van der Waals surface area contributed by atoms with Crippen LogP contribution in [-0.2, 0) is 12.0 Å². The molecule has 112 valence electrons. The van der Waals surface area contributed by atoms with Crippen LogP contribution in [0.3, 0.4) is 0 Å². The van der Waals surface area contributed by atoms with E-state index in [-0.39, 0.29) is 5.41 Å². The van der Waals surface area contributed by atoms with Gasteiger partial charge in [-0.2, -0.15) is 0 Å². The molecule has 0 unspecified atom stereocenters. The van der Waals surface area contributed by atoms with Gasteiger partial charge < -0.3 is 10.4 Å². The van der Waals surface area contributed by atoms with Gasteiger partial charge in [0.05, 0.1) is 5.69 Å². The second-order valence-electron chi connectivity index (χ2n) is 6.01. The third kappa shape index (κ3) is 3.80. The molecular formula is C17H19Br2NO. The number of rotatable bonds is 3. The first kappa shape index (κ1) is 16.4. The van der Waals surface area contributed by atoms with Crippen molar-refractivity contribution in [2.75, 3.05) is 5.32 Å². The zero-order valence-corrected chi connectivity index (χ0v) is 15.5. The van der Waals surface area contributed by atoms with Gasteiger partial charge in [0.2, 0.25) is 0 Å². The Morgan fingerprint density at radius 1 is 1.00 bits per heavy atom. The van der Waals surface area contributed by atoms with Crippen molar-refractivity contribution >= 4 is 37.5 Å². The van der Waals surface area contributed by atoms with E-state index in [2.05, 4.69) is 57.9 Å². The van der Waals surface area contributed by atoms with Crippen molar-refractivity contribution in [3.05, 3.63) is 56.5 Å². The van der Waals surface area contributed by atoms with Crippen LogP contribution in [0, 0.1) is 0 Å². The maximum absolute atomic E-state index is 10.5. The Labute approximate surface area is 142 Å². The molecule has 0 radical (unpaired) electrons. The summed E-state index contributed by atoms with van der Waals surface area (Å²) in [5, 5.41) is 13.8. The van der Waals surface area contributed by atoms with Crippen molar-refractivity contribution in [1.82, 2.24) is 0 Å². The number of hydrogen-bond donors (Lipinski definition) is 2. The van der Waals surface area contributed by atoms with Crippen LogP contribution in [0.25, 0.3) is 0 Å². The molecule has 0 saturated heterocycles. The molecule has 0 amide bonds. The molecule has 0 bridgehead atoms. The van der Waals surface area contributed by atoms with Gasteiger partial charge in [-0.3, -0.25) is 0 Å². The zero-order chi connectivity index (χ0) is 15.6. The Kier molecular flexibility index (Phi) is 4.99. The molecule has 0 saturated carbocycles. The van der Waals surface area contributed by atoms with E-state index < -0.39 is 0 Å². The van der Waals surface area contributed by atoms with Gasteiger partial charge in [-0.15, -0.1) is 0 Å². The van der Waals surface area contributed by atoms with Crippen molar-refractivity contribution in [2.45, 2.75) is 32.7 Å². The molecule has 0 aliphatic heterocycles. The average molecular weight is 413 g/mol. The molecule has 0 fully saturated rings. The minimum atomic E-state index is -0.0754. The van der Waals surface area contributed by atoms with Crippen molar-refractivity contribution in [3.8, 4) is 5.75 Å². The molecule has 2 N–H and O–H groups in total. The topological polar surface area (TPSA) is 32.3 Å². The Hall–Kier alpha value is -1.00. The molecule has 0 spiro atoms. The first-order valence-electron chi connectivity index (χ1n) is 6.80. The van der Waals surface area contributed by atoms with Crippen molar-refractivity contribution in [3.63, 3.8) is 0 Å². The van der Waals surface area contributed by atoms with Gasteiger partial charge >= 0.3 is 0 Å². The van der Waals surface area contributed by atoms with Crippen LogP contribution < -0.4 is 5.32 Å². The highest BCUT2D eigenvalue weighted by Crippen LogP contribution is 2.35. The van der Waals surface area contributed by atoms with Gasteiger partial charge in [0.15, 0.2) is 0 Å². The summed E-state index contributed by atoms with van der Waals surface area (Å²) >= 11 is 7.06. The van der Waals surface area contributed by atoms with Gasteiger partial charge in [0.25, 0.3) is 0 Å². The van der Waals surface area contributed by atoms with E-state index >= 15 is 0 Å². The third-order valence-corrected chi connectivity index (χ3v) is 4.67. The molecule has 21 heavy (non-hydrogen) atoms. The fourth-order valence-electron chi connectivity index (χ4n) is 2.19. The van der Waals surface area contributed by atoms with Crippen molar-refractivity contribution < 1.29 is 5.11 Å². The smallest absolute Gasteiger partial charge is 0.124 e. The van der Waals surface area contributed by atoms with Crippen LogP contribution in [0.5, 0.6) is 5.75 Å². The molecule has 0 aromatic heterocycles. The van der Waals surface area contributed by atoms with E-state index in [1.54, 1.807) is 0 Å². The number of anilines is 1. The van der Waals surface area contributed by atoms with Gasteiger partial charge in [-0.25, -0.2) is 0 Å². The largest absolute Gasteiger partial charge is 0.507 e. The summed E-state index contributed by atoms with van der Waals surface area (Å²) in [5.41, 5.74) is 2.77. The lowest BCUT2D eigenvalue weighted by Gasteiger charge is -2.22. The number of nitrogens with one attached hydrogen (secondary N) is 1. The monoisotopic (exact) mass is 411 g/mol. The Balaban J connectivity index is 2.26. The van der Waals surface area contributed by atoms with Crippen LogP contribution in [0.15, 0.2) is 45.3 Å². The molecular weight excluding hydrogens is 394 g/mol. The number of benzene rings is 2. The summed E-state index contributed by atoms with van der Waals surface area (Å²) in [6.45, 7) is 6.87. The summed E-state index contributed by atoms with van der Waals surface area (Å²) < 4.78 is 1.98. The lowest BCUT2D eigenvalue weighted by molar-refractivity contribution is 0.441. The highest BCUT2D eigenvalue weighted by atomic mass is 79.9. The first-order valence-corrected chi connectivity index (χ1v) is 8.38. The molecule has 2 aromatic carbocycles. The lowest BCUT2D eigenvalue weighted by Crippen LogP contribution is -2.12. The van der Waals surface area contributed by atoms with E-state index in [4.69, 9.17) is 0 Å². The Bertz CT molecular complexity index is 627. The summed E-state index contributed by atoms with van der Waals surface area (Å²) in [5.74, 6) is 0.376. The molecule has 0 aliphatic rings. The highest BCUT2D eigenvalue weighted by molar-refractivity contribution is 9.11.